The Hall–Kier alpha value is -1.13. The minimum Gasteiger partial charge on any atom is -0.308 e. The summed E-state index contributed by atoms with van der Waals surface area (Å²) in [6.07, 6.45) is 2.16. The first-order valence-corrected chi connectivity index (χ1v) is 7.40. The van der Waals surface area contributed by atoms with Crippen LogP contribution in [0.25, 0.3) is 0 Å². The van der Waals surface area contributed by atoms with Gasteiger partial charge >= 0.3 is 0 Å². The minimum atomic E-state index is 0.319. The van der Waals surface area contributed by atoms with E-state index < -0.39 is 0 Å². The number of aromatic nitrogens is 2. The lowest BCUT2D eigenvalue weighted by molar-refractivity contribution is 0.511. The zero-order valence-corrected chi connectivity index (χ0v) is 12.1. The Morgan fingerprint density at radius 2 is 2.33 bits per heavy atom. The number of thiophene rings is 1. The van der Waals surface area contributed by atoms with Crippen molar-refractivity contribution in [2.45, 2.75) is 32.7 Å². The maximum atomic E-state index is 4.60. The SMILES string of the molecule is CCCNC(Cc1ccsc1)c1cc(C)n(C)n1. The summed E-state index contributed by atoms with van der Waals surface area (Å²) in [6.45, 7) is 5.32. The molecule has 0 aliphatic rings. The third-order valence-electron chi connectivity index (χ3n) is 3.15. The molecule has 2 aromatic rings. The van der Waals surface area contributed by atoms with Crippen LogP contribution in [0.3, 0.4) is 0 Å². The maximum Gasteiger partial charge on any atom is 0.0800 e. The van der Waals surface area contributed by atoms with E-state index in [9.17, 15) is 0 Å². The molecule has 0 saturated carbocycles. The molecular formula is C14H21N3S. The molecule has 0 saturated heterocycles. The molecule has 1 atom stereocenters. The monoisotopic (exact) mass is 263 g/mol. The molecule has 0 radical (unpaired) electrons. The summed E-state index contributed by atoms with van der Waals surface area (Å²) in [7, 11) is 2.00. The third-order valence-corrected chi connectivity index (χ3v) is 3.88. The highest BCUT2D eigenvalue weighted by molar-refractivity contribution is 7.07. The van der Waals surface area contributed by atoms with Crippen molar-refractivity contribution >= 4 is 11.3 Å². The lowest BCUT2D eigenvalue weighted by Gasteiger charge is -2.15. The van der Waals surface area contributed by atoms with Gasteiger partial charge in [0.2, 0.25) is 0 Å². The van der Waals surface area contributed by atoms with Gasteiger partial charge in [0.1, 0.15) is 0 Å². The van der Waals surface area contributed by atoms with Crippen molar-refractivity contribution in [2.24, 2.45) is 7.05 Å². The van der Waals surface area contributed by atoms with Gasteiger partial charge in [0.25, 0.3) is 0 Å². The van der Waals surface area contributed by atoms with Gasteiger partial charge in [0.15, 0.2) is 0 Å². The van der Waals surface area contributed by atoms with Crippen molar-refractivity contribution in [1.29, 1.82) is 0 Å². The van der Waals surface area contributed by atoms with Crippen LogP contribution >= 0.6 is 11.3 Å². The van der Waals surface area contributed by atoms with Gasteiger partial charge in [-0.1, -0.05) is 6.92 Å². The maximum absolute atomic E-state index is 4.60. The molecule has 2 rings (SSSR count). The molecule has 0 aliphatic heterocycles. The molecule has 0 spiro atoms. The zero-order chi connectivity index (χ0) is 13.0. The highest BCUT2D eigenvalue weighted by atomic mass is 32.1. The summed E-state index contributed by atoms with van der Waals surface area (Å²) in [5.41, 5.74) is 3.74. The Balaban J connectivity index is 2.13. The molecule has 0 aliphatic carbocycles. The molecule has 98 valence electrons. The van der Waals surface area contributed by atoms with Crippen LogP contribution in [0.4, 0.5) is 0 Å². The van der Waals surface area contributed by atoms with E-state index in [0.29, 0.717) is 6.04 Å². The van der Waals surface area contributed by atoms with Crippen LogP contribution in [0.5, 0.6) is 0 Å². The normalized spacial score (nSPS) is 12.8. The van der Waals surface area contributed by atoms with E-state index in [2.05, 4.69) is 47.2 Å². The summed E-state index contributed by atoms with van der Waals surface area (Å²) >= 11 is 1.76. The second kappa shape index (κ2) is 6.16. The summed E-state index contributed by atoms with van der Waals surface area (Å²) in [5.74, 6) is 0. The van der Waals surface area contributed by atoms with E-state index in [4.69, 9.17) is 0 Å². The fourth-order valence-corrected chi connectivity index (χ4v) is 2.68. The Morgan fingerprint density at radius 1 is 1.50 bits per heavy atom. The first-order valence-electron chi connectivity index (χ1n) is 6.45. The van der Waals surface area contributed by atoms with E-state index in [1.54, 1.807) is 11.3 Å². The molecule has 0 fully saturated rings. The smallest absolute Gasteiger partial charge is 0.0800 e. The quantitative estimate of drug-likeness (QED) is 0.868. The number of nitrogens with one attached hydrogen (secondary N) is 1. The molecule has 1 unspecified atom stereocenters. The lowest BCUT2D eigenvalue weighted by Crippen LogP contribution is -2.24. The van der Waals surface area contributed by atoms with E-state index in [0.717, 1.165) is 25.1 Å². The Kier molecular flexibility index (Phi) is 4.55. The van der Waals surface area contributed by atoms with Crippen LogP contribution in [0.2, 0.25) is 0 Å². The lowest BCUT2D eigenvalue weighted by atomic mass is 10.1. The minimum absolute atomic E-state index is 0.319. The van der Waals surface area contributed by atoms with Crippen molar-refractivity contribution in [3.05, 3.63) is 39.8 Å². The largest absolute Gasteiger partial charge is 0.308 e. The highest BCUT2D eigenvalue weighted by Gasteiger charge is 2.15. The van der Waals surface area contributed by atoms with Gasteiger partial charge in [-0.05, 0) is 54.8 Å². The zero-order valence-electron chi connectivity index (χ0n) is 11.3. The fourth-order valence-electron chi connectivity index (χ4n) is 2.00. The van der Waals surface area contributed by atoms with Crippen molar-refractivity contribution in [3.8, 4) is 0 Å². The summed E-state index contributed by atoms with van der Waals surface area (Å²) in [6, 6.07) is 4.69. The van der Waals surface area contributed by atoms with Crippen LogP contribution in [0, 0.1) is 6.92 Å². The predicted octanol–water partition coefficient (Wildman–Crippen LogP) is 3.07. The molecule has 2 heterocycles. The molecule has 3 nitrogen and oxygen atoms in total. The molecule has 0 aromatic carbocycles. The van der Waals surface area contributed by atoms with Gasteiger partial charge in [0, 0.05) is 12.7 Å². The average molecular weight is 263 g/mol. The molecule has 2 aromatic heterocycles. The number of aryl methyl sites for hydroxylation is 2. The Labute approximate surface area is 113 Å². The standard InChI is InChI=1S/C14H21N3S/c1-4-6-15-13(9-12-5-7-18-10-12)14-8-11(2)17(3)16-14/h5,7-8,10,13,15H,4,6,9H2,1-3H3. The molecule has 18 heavy (non-hydrogen) atoms. The number of rotatable bonds is 6. The number of nitrogens with zero attached hydrogens (tertiary/aromatic N) is 2. The van der Waals surface area contributed by atoms with Crippen LogP contribution in [-0.2, 0) is 13.5 Å². The molecular weight excluding hydrogens is 242 g/mol. The average Bonchev–Trinajstić information content (AvgIpc) is 2.96. The Morgan fingerprint density at radius 3 is 2.89 bits per heavy atom. The van der Waals surface area contributed by atoms with Gasteiger partial charge < -0.3 is 5.32 Å². The van der Waals surface area contributed by atoms with Crippen LogP contribution in [0.1, 0.15) is 36.3 Å². The second-order valence-electron chi connectivity index (χ2n) is 4.68. The summed E-state index contributed by atoms with van der Waals surface area (Å²) < 4.78 is 1.95. The van der Waals surface area contributed by atoms with Gasteiger partial charge in [0.05, 0.1) is 11.7 Å². The van der Waals surface area contributed by atoms with Gasteiger partial charge in [-0.15, -0.1) is 0 Å². The van der Waals surface area contributed by atoms with Crippen LogP contribution in [-0.4, -0.2) is 16.3 Å². The molecule has 0 amide bonds. The topological polar surface area (TPSA) is 29.9 Å². The highest BCUT2D eigenvalue weighted by Crippen LogP contribution is 2.19. The molecule has 1 N–H and O–H groups in total. The van der Waals surface area contributed by atoms with Gasteiger partial charge in [-0.2, -0.15) is 16.4 Å². The molecule has 4 heteroatoms. The summed E-state index contributed by atoms with van der Waals surface area (Å²) in [4.78, 5) is 0. The first-order chi connectivity index (χ1) is 8.70. The third kappa shape index (κ3) is 3.21. The van der Waals surface area contributed by atoms with E-state index in [-0.39, 0.29) is 0 Å². The number of hydrogen-bond acceptors (Lipinski definition) is 3. The second-order valence-corrected chi connectivity index (χ2v) is 5.46. The van der Waals surface area contributed by atoms with Crippen molar-refractivity contribution in [2.75, 3.05) is 6.54 Å². The van der Waals surface area contributed by atoms with Crippen LogP contribution in [0.15, 0.2) is 22.9 Å². The van der Waals surface area contributed by atoms with Crippen molar-refractivity contribution in [3.63, 3.8) is 0 Å². The van der Waals surface area contributed by atoms with Gasteiger partial charge in [-0.25, -0.2) is 0 Å². The van der Waals surface area contributed by atoms with Gasteiger partial charge in [-0.3, -0.25) is 4.68 Å². The van der Waals surface area contributed by atoms with E-state index in [1.807, 2.05) is 11.7 Å². The van der Waals surface area contributed by atoms with Crippen molar-refractivity contribution < 1.29 is 0 Å². The van der Waals surface area contributed by atoms with Crippen molar-refractivity contribution in [1.82, 2.24) is 15.1 Å². The molecule has 0 bridgehead atoms. The first kappa shape index (κ1) is 13.3. The van der Waals surface area contributed by atoms with E-state index in [1.165, 1.54) is 11.3 Å². The van der Waals surface area contributed by atoms with Crippen LogP contribution < -0.4 is 5.32 Å². The fraction of sp³-hybridized carbons (Fsp3) is 0.500. The summed E-state index contributed by atoms with van der Waals surface area (Å²) in [5, 5.41) is 12.5. The predicted molar refractivity (Wildman–Crippen MR) is 77.0 cm³/mol. The van der Waals surface area contributed by atoms with E-state index >= 15 is 0 Å². The Bertz CT molecular complexity index is 454. The number of hydrogen-bond donors (Lipinski definition) is 1.